The lowest BCUT2D eigenvalue weighted by atomic mass is 10.1. The number of pyridine rings is 1. The molecule has 16 heteroatoms. The molecule has 1 saturated carbocycles. The molecule has 228 valence electrons. The second kappa shape index (κ2) is 13.4. The maximum absolute atomic E-state index is 13.3. The minimum atomic E-state index is -5.08. The van der Waals surface area contributed by atoms with Crippen LogP contribution in [0.15, 0.2) is 35.2 Å². The van der Waals surface area contributed by atoms with Crippen LogP contribution in [0.4, 0.5) is 24.0 Å². The van der Waals surface area contributed by atoms with Crippen LogP contribution in [0.2, 0.25) is 0 Å². The first-order valence-corrected chi connectivity index (χ1v) is 14.8. The van der Waals surface area contributed by atoms with Gasteiger partial charge in [-0.1, -0.05) is 36.3 Å². The predicted molar refractivity (Wildman–Crippen MR) is 149 cm³/mol. The van der Waals surface area contributed by atoms with Crippen molar-refractivity contribution < 1.29 is 45.8 Å². The van der Waals surface area contributed by atoms with E-state index in [1.165, 1.54) is 31.6 Å². The molecule has 0 unspecified atom stereocenters. The van der Waals surface area contributed by atoms with Crippen molar-refractivity contribution in [3.8, 4) is 22.2 Å². The number of hydrogen-bond acceptors (Lipinski definition) is 9. The van der Waals surface area contributed by atoms with E-state index in [2.05, 4.69) is 20.0 Å². The number of halogens is 3. The zero-order valence-electron chi connectivity index (χ0n) is 23.0. The molecule has 2 heterocycles. The summed E-state index contributed by atoms with van der Waals surface area (Å²) in [6.07, 6.45) is -1.12. The molecule has 4 rings (SSSR count). The second-order valence-electron chi connectivity index (χ2n) is 9.20. The van der Waals surface area contributed by atoms with Gasteiger partial charge in [-0.25, -0.2) is 18.2 Å². The summed E-state index contributed by atoms with van der Waals surface area (Å²) in [5.74, 6) is -2.31. The van der Waals surface area contributed by atoms with Gasteiger partial charge in [0, 0.05) is 12.0 Å². The molecule has 0 radical (unpaired) electrons. The summed E-state index contributed by atoms with van der Waals surface area (Å²) in [5, 5.41) is 10.6. The maximum Gasteiger partial charge on any atom is 0.490 e. The molecule has 2 aromatic heterocycles. The van der Waals surface area contributed by atoms with E-state index in [4.69, 9.17) is 19.4 Å². The highest BCUT2D eigenvalue weighted by Crippen LogP contribution is 2.36. The molecule has 1 aliphatic carbocycles. The number of amides is 1. The fraction of sp³-hybridized carbons (Fsp3) is 0.385. The minimum Gasteiger partial charge on any atom is -0.481 e. The Morgan fingerprint density at radius 1 is 1.05 bits per heavy atom. The van der Waals surface area contributed by atoms with E-state index >= 15 is 0 Å². The van der Waals surface area contributed by atoms with E-state index < -0.39 is 22.2 Å². The van der Waals surface area contributed by atoms with Crippen molar-refractivity contribution in [3.05, 3.63) is 41.6 Å². The van der Waals surface area contributed by atoms with Crippen molar-refractivity contribution in [1.82, 2.24) is 9.97 Å². The Kier molecular flexibility index (Phi) is 10.4. The number of nitrogens with zero attached hydrogens (tertiary/aromatic N) is 2. The van der Waals surface area contributed by atoms with E-state index in [-0.39, 0.29) is 28.3 Å². The zero-order valence-corrected chi connectivity index (χ0v) is 24.7. The number of anilines is 2. The molecule has 1 aliphatic rings. The number of rotatable bonds is 8. The molecule has 1 fully saturated rings. The van der Waals surface area contributed by atoms with Crippen LogP contribution >= 0.6 is 11.3 Å². The fourth-order valence-corrected chi connectivity index (χ4v) is 6.41. The van der Waals surface area contributed by atoms with E-state index in [0.29, 0.717) is 22.1 Å². The van der Waals surface area contributed by atoms with Crippen LogP contribution in [0.1, 0.15) is 36.9 Å². The standard InChI is InChI=1S/C24H28N4O5S2.C2HF3O2/c1-14-9-10-17(21-15(2)25-24(34-21)27-22(29)16-7-5-6-8-16)13-19(14)35(30,31)28-18-11-12-20(32-3)26-23(18)33-4;3-2(4,5)1(6)7/h9-13,16,28H,5-8H2,1-4H3,(H,25,27,29);(H,6,7). The monoisotopic (exact) mass is 630 g/mol. The molecule has 0 spiro atoms. The van der Waals surface area contributed by atoms with Gasteiger partial charge < -0.3 is 19.9 Å². The Labute approximate surface area is 244 Å². The molecule has 1 amide bonds. The minimum absolute atomic E-state index is 0.00113. The van der Waals surface area contributed by atoms with Gasteiger partial charge >= 0.3 is 12.1 Å². The first-order chi connectivity index (χ1) is 19.7. The lowest BCUT2D eigenvalue weighted by Crippen LogP contribution is -2.21. The number of aryl methyl sites for hydroxylation is 2. The molecule has 11 nitrogen and oxygen atoms in total. The van der Waals surface area contributed by atoms with Crippen molar-refractivity contribution in [2.75, 3.05) is 24.3 Å². The van der Waals surface area contributed by atoms with Crippen LogP contribution in [-0.2, 0) is 19.6 Å². The number of hydrogen-bond donors (Lipinski definition) is 3. The number of carboxylic acids is 1. The Balaban J connectivity index is 0.000000616. The highest BCUT2D eigenvalue weighted by atomic mass is 32.2. The van der Waals surface area contributed by atoms with Crippen molar-refractivity contribution in [2.24, 2.45) is 5.92 Å². The molecule has 0 saturated heterocycles. The predicted octanol–water partition coefficient (Wildman–Crippen LogP) is 5.40. The third-order valence-corrected chi connectivity index (χ3v) is 8.85. The normalized spacial score (nSPS) is 13.6. The van der Waals surface area contributed by atoms with Gasteiger partial charge in [0.05, 0.1) is 29.7 Å². The lowest BCUT2D eigenvalue weighted by molar-refractivity contribution is -0.192. The van der Waals surface area contributed by atoms with Crippen LogP contribution in [0, 0.1) is 19.8 Å². The molecule has 0 atom stereocenters. The van der Waals surface area contributed by atoms with Crippen LogP contribution in [0.3, 0.4) is 0 Å². The van der Waals surface area contributed by atoms with Gasteiger partial charge in [-0.2, -0.15) is 18.2 Å². The molecular weight excluding hydrogens is 601 g/mol. The number of sulfonamides is 1. The number of aromatic nitrogens is 2. The molecule has 1 aromatic carbocycles. The number of alkyl halides is 3. The number of aliphatic carboxylic acids is 1. The van der Waals surface area contributed by atoms with Gasteiger partial charge in [0.2, 0.25) is 17.7 Å². The lowest BCUT2D eigenvalue weighted by Gasteiger charge is -2.14. The van der Waals surface area contributed by atoms with Crippen LogP contribution in [0.5, 0.6) is 11.8 Å². The van der Waals surface area contributed by atoms with Crippen molar-refractivity contribution >= 4 is 44.1 Å². The summed E-state index contributed by atoms with van der Waals surface area (Å²) in [6.45, 7) is 3.58. The summed E-state index contributed by atoms with van der Waals surface area (Å²) in [7, 11) is -1.09. The number of nitrogens with one attached hydrogen (secondary N) is 2. The molecule has 3 aromatic rings. The number of carbonyl (C=O) groups excluding carboxylic acids is 1. The average Bonchev–Trinajstić information content (AvgIpc) is 3.59. The van der Waals surface area contributed by atoms with E-state index in [1.807, 2.05) is 13.0 Å². The van der Waals surface area contributed by atoms with Gasteiger partial charge in [-0.3, -0.25) is 9.52 Å². The molecular formula is C26H29F3N4O7S2. The Morgan fingerprint density at radius 2 is 1.69 bits per heavy atom. The Morgan fingerprint density at radius 3 is 2.26 bits per heavy atom. The highest BCUT2D eigenvalue weighted by molar-refractivity contribution is 7.92. The fourth-order valence-electron chi connectivity index (χ4n) is 4.11. The van der Waals surface area contributed by atoms with Gasteiger partial charge in [-0.15, -0.1) is 0 Å². The van der Waals surface area contributed by atoms with Gasteiger partial charge in [0.1, 0.15) is 5.69 Å². The van der Waals surface area contributed by atoms with Gasteiger partial charge in [0.25, 0.3) is 10.0 Å². The molecule has 42 heavy (non-hydrogen) atoms. The number of benzene rings is 1. The number of carbonyl (C=O) groups is 2. The van der Waals surface area contributed by atoms with E-state index in [1.54, 1.807) is 25.1 Å². The first-order valence-electron chi connectivity index (χ1n) is 12.5. The largest absolute Gasteiger partial charge is 0.490 e. The summed E-state index contributed by atoms with van der Waals surface area (Å²) in [6, 6.07) is 8.31. The number of ether oxygens (including phenoxy) is 2. The van der Waals surface area contributed by atoms with Crippen LogP contribution in [-0.4, -0.2) is 55.8 Å². The zero-order chi connectivity index (χ0) is 31.2. The van der Waals surface area contributed by atoms with E-state index in [0.717, 1.165) is 36.3 Å². The topological polar surface area (TPSA) is 157 Å². The molecule has 3 N–H and O–H groups in total. The second-order valence-corrected chi connectivity index (χ2v) is 11.9. The van der Waals surface area contributed by atoms with Crippen LogP contribution in [0.25, 0.3) is 10.4 Å². The smallest absolute Gasteiger partial charge is 0.481 e. The number of thiazole rings is 1. The average molecular weight is 631 g/mol. The number of carboxylic acid groups (broad SMARTS) is 1. The Hall–Kier alpha value is -3.92. The van der Waals surface area contributed by atoms with Crippen LogP contribution < -0.4 is 19.5 Å². The summed E-state index contributed by atoms with van der Waals surface area (Å²) in [5.41, 5.74) is 2.20. The summed E-state index contributed by atoms with van der Waals surface area (Å²) in [4.78, 5) is 31.0. The van der Waals surface area contributed by atoms with Crippen molar-refractivity contribution in [2.45, 2.75) is 50.6 Å². The summed E-state index contributed by atoms with van der Waals surface area (Å²) < 4.78 is 71.2. The highest BCUT2D eigenvalue weighted by Gasteiger charge is 2.38. The van der Waals surface area contributed by atoms with Gasteiger partial charge in [0.15, 0.2) is 5.13 Å². The molecule has 0 bridgehead atoms. The third kappa shape index (κ3) is 8.09. The number of methoxy groups -OCH3 is 2. The summed E-state index contributed by atoms with van der Waals surface area (Å²) >= 11 is 1.34. The van der Waals surface area contributed by atoms with Crippen molar-refractivity contribution in [1.29, 1.82) is 0 Å². The SMILES string of the molecule is COc1ccc(NS(=O)(=O)c2cc(-c3sc(NC(=O)C4CCCC4)nc3C)ccc2C)c(OC)n1.O=C(O)C(F)(F)F. The van der Waals surface area contributed by atoms with Crippen molar-refractivity contribution in [3.63, 3.8) is 0 Å². The molecule has 0 aliphatic heterocycles. The van der Waals surface area contributed by atoms with E-state index in [9.17, 15) is 26.4 Å². The van der Waals surface area contributed by atoms with Gasteiger partial charge in [-0.05, 0) is 49.9 Å². The maximum atomic E-state index is 13.3. The first kappa shape index (κ1) is 32.6. The quantitative estimate of drug-likeness (QED) is 0.296. The Bertz CT molecular complexity index is 1550. The third-order valence-electron chi connectivity index (χ3n) is 6.22.